The van der Waals surface area contributed by atoms with E-state index in [4.69, 9.17) is 0 Å². The lowest BCUT2D eigenvalue weighted by atomic mass is 9.95. The lowest BCUT2D eigenvalue weighted by molar-refractivity contribution is -0.119. The summed E-state index contributed by atoms with van der Waals surface area (Å²) in [6, 6.07) is 8.98. The van der Waals surface area contributed by atoms with Gasteiger partial charge in [0.05, 0.1) is 0 Å². The van der Waals surface area contributed by atoms with Gasteiger partial charge in [-0.25, -0.2) is 0 Å². The van der Waals surface area contributed by atoms with Crippen LogP contribution < -0.4 is 10.2 Å². The van der Waals surface area contributed by atoms with E-state index in [1.807, 2.05) is 30.9 Å². The van der Waals surface area contributed by atoms with Gasteiger partial charge in [0.2, 0.25) is 5.91 Å². The second-order valence-corrected chi connectivity index (χ2v) is 6.82. The van der Waals surface area contributed by atoms with Crippen LogP contribution in [0.1, 0.15) is 37.3 Å². The highest BCUT2D eigenvalue weighted by molar-refractivity contribution is 7.99. The van der Waals surface area contributed by atoms with Gasteiger partial charge in [-0.05, 0) is 30.7 Å². The van der Waals surface area contributed by atoms with Crippen LogP contribution in [0.2, 0.25) is 0 Å². The van der Waals surface area contributed by atoms with E-state index in [0.717, 1.165) is 5.69 Å². The summed E-state index contributed by atoms with van der Waals surface area (Å²) in [5.41, 5.74) is 2.32. The Hall–Kier alpha value is -1.00. The second kappa shape index (κ2) is 5.78. The molecule has 108 valence electrons. The number of carbonyl (C=O) groups is 1. The van der Waals surface area contributed by atoms with Crippen molar-refractivity contribution < 1.29 is 4.79 Å². The van der Waals surface area contributed by atoms with Crippen molar-refractivity contribution in [2.24, 2.45) is 0 Å². The van der Waals surface area contributed by atoms with Crippen LogP contribution in [0.5, 0.6) is 0 Å². The Morgan fingerprint density at radius 3 is 2.90 bits per heavy atom. The number of hydrogen-bond acceptors (Lipinski definition) is 3. The van der Waals surface area contributed by atoms with Gasteiger partial charge in [-0.15, -0.1) is 0 Å². The van der Waals surface area contributed by atoms with Crippen molar-refractivity contribution in [3.05, 3.63) is 29.8 Å². The minimum Gasteiger partial charge on any atom is -0.315 e. The number of thioether (sulfide) groups is 1. The van der Waals surface area contributed by atoms with Crippen LogP contribution in [0.4, 0.5) is 5.69 Å². The van der Waals surface area contributed by atoms with Crippen LogP contribution in [0.25, 0.3) is 0 Å². The molecule has 3 rings (SSSR count). The molecule has 3 atom stereocenters. The SMILES string of the molecule is CSC1CCCC1NC1CC(=O)N(C)c2ccccc21. The summed E-state index contributed by atoms with van der Waals surface area (Å²) in [4.78, 5) is 14.0. The number of hydrogen-bond donors (Lipinski definition) is 1. The number of rotatable bonds is 3. The normalized spacial score (nSPS) is 29.6. The Bertz CT molecular complexity index is 505. The van der Waals surface area contributed by atoms with Gasteiger partial charge in [-0.2, -0.15) is 11.8 Å². The van der Waals surface area contributed by atoms with E-state index in [9.17, 15) is 4.79 Å². The van der Waals surface area contributed by atoms with Gasteiger partial charge in [-0.1, -0.05) is 24.6 Å². The molecule has 0 bridgehead atoms. The Morgan fingerprint density at radius 1 is 1.30 bits per heavy atom. The zero-order valence-corrected chi connectivity index (χ0v) is 13.0. The van der Waals surface area contributed by atoms with Gasteiger partial charge in [0, 0.05) is 36.5 Å². The van der Waals surface area contributed by atoms with Crippen molar-refractivity contribution in [3.63, 3.8) is 0 Å². The van der Waals surface area contributed by atoms with Gasteiger partial charge in [0.15, 0.2) is 0 Å². The number of nitrogens with zero attached hydrogens (tertiary/aromatic N) is 1. The first-order valence-corrected chi connectivity index (χ1v) is 8.64. The largest absolute Gasteiger partial charge is 0.315 e. The Morgan fingerprint density at radius 2 is 2.10 bits per heavy atom. The van der Waals surface area contributed by atoms with Crippen LogP contribution in [0.3, 0.4) is 0 Å². The molecule has 0 radical (unpaired) electrons. The summed E-state index contributed by atoms with van der Waals surface area (Å²) >= 11 is 1.95. The first kappa shape index (κ1) is 14.0. The van der Waals surface area contributed by atoms with E-state index in [0.29, 0.717) is 17.7 Å². The number of carbonyl (C=O) groups excluding carboxylic acids is 1. The topological polar surface area (TPSA) is 32.3 Å². The summed E-state index contributed by atoms with van der Waals surface area (Å²) in [5, 5.41) is 4.45. The van der Waals surface area contributed by atoms with Gasteiger partial charge < -0.3 is 10.2 Å². The van der Waals surface area contributed by atoms with Gasteiger partial charge in [0.1, 0.15) is 0 Å². The fourth-order valence-corrected chi connectivity index (χ4v) is 4.39. The maximum atomic E-state index is 12.2. The van der Waals surface area contributed by atoms with E-state index in [1.165, 1.54) is 24.8 Å². The number of benzene rings is 1. The van der Waals surface area contributed by atoms with E-state index >= 15 is 0 Å². The van der Waals surface area contributed by atoms with E-state index in [-0.39, 0.29) is 11.9 Å². The molecule has 3 nitrogen and oxygen atoms in total. The van der Waals surface area contributed by atoms with Crippen molar-refractivity contribution in [2.75, 3.05) is 18.2 Å². The molecule has 0 aromatic heterocycles. The summed E-state index contributed by atoms with van der Waals surface area (Å²) in [6.45, 7) is 0. The highest BCUT2D eigenvalue weighted by atomic mass is 32.2. The van der Waals surface area contributed by atoms with Crippen LogP contribution >= 0.6 is 11.8 Å². The predicted molar refractivity (Wildman–Crippen MR) is 85.3 cm³/mol. The van der Waals surface area contributed by atoms with Crippen LogP contribution in [-0.2, 0) is 4.79 Å². The number of amides is 1. The molecule has 4 heteroatoms. The van der Waals surface area contributed by atoms with Crippen molar-refractivity contribution in [1.29, 1.82) is 0 Å². The lowest BCUT2D eigenvalue weighted by Gasteiger charge is -2.34. The first-order valence-electron chi connectivity index (χ1n) is 7.35. The highest BCUT2D eigenvalue weighted by Crippen LogP contribution is 2.36. The average Bonchev–Trinajstić information content (AvgIpc) is 2.92. The third kappa shape index (κ3) is 2.47. The van der Waals surface area contributed by atoms with E-state index < -0.39 is 0 Å². The van der Waals surface area contributed by atoms with Crippen LogP contribution in [0, 0.1) is 0 Å². The van der Waals surface area contributed by atoms with Crippen LogP contribution in [-0.4, -0.2) is 30.5 Å². The Kier molecular flexibility index (Phi) is 4.03. The third-order valence-corrected chi connectivity index (χ3v) is 5.77. The molecule has 1 heterocycles. The van der Waals surface area contributed by atoms with Gasteiger partial charge in [0.25, 0.3) is 0 Å². The molecular weight excluding hydrogens is 268 g/mol. The molecule has 1 aliphatic carbocycles. The first-order chi connectivity index (χ1) is 9.70. The molecule has 20 heavy (non-hydrogen) atoms. The average molecular weight is 290 g/mol. The van der Waals surface area contributed by atoms with Crippen molar-refractivity contribution in [2.45, 2.75) is 43.0 Å². The molecule has 1 aromatic rings. The molecule has 3 unspecified atom stereocenters. The smallest absolute Gasteiger partial charge is 0.228 e. The molecule has 0 spiro atoms. The summed E-state index contributed by atoms with van der Waals surface area (Å²) in [6.07, 6.45) is 6.59. The number of fused-ring (bicyclic) bond motifs is 1. The fraction of sp³-hybridized carbons (Fsp3) is 0.562. The maximum Gasteiger partial charge on any atom is 0.228 e. The molecule has 1 aliphatic heterocycles. The van der Waals surface area contributed by atoms with Gasteiger partial charge in [-0.3, -0.25) is 4.79 Å². The monoisotopic (exact) mass is 290 g/mol. The molecule has 1 fully saturated rings. The highest BCUT2D eigenvalue weighted by Gasteiger charge is 2.33. The van der Waals surface area contributed by atoms with Gasteiger partial charge >= 0.3 is 0 Å². The second-order valence-electron chi connectivity index (χ2n) is 5.75. The number of anilines is 1. The Labute approximate surface area is 125 Å². The number of para-hydroxylation sites is 1. The summed E-state index contributed by atoms with van der Waals surface area (Å²) in [5.74, 6) is 0.208. The molecule has 1 aromatic carbocycles. The standard InChI is InChI=1S/C16H22N2OS/c1-18-14-8-4-3-6-11(14)13(10-16(18)19)17-12-7-5-9-15(12)20-2/h3-4,6,8,12-13,15,17H,5,7,9-10H2,1-2H3. The quantitative estimate of drug-likeness (QED) is 0.929. The molecule has 1 saturated carbocycles. The fourth-order valence-electron chi connectivity index (χ4n) is 3.45. The molecule has 1 amide bonds. The molecule has 2 aliphatic rings. The zero-order valence-electron chi connectivity index (χ0n) is 12.1. The molecular formula is C16H22N2OS. The van der Waals surface area contributed by atoms with Crippen molar-refractivity contribution in [3.8, 4) is 0 Å². The van der Waals surface area contributed by atoms with Crippen molar-refractivity contribution in [1.82, 2.24) is 5.32 Å². The predicted octanol–water partition coefficient (Wildman–Crippen LogP) is 2.97. The van der Waals surface area contributed by atoms with Crippen LogP contribution in [0.15, 0.2) is 24.3 Å². The van der Waals surface area contributed by atoms with E-state index in [2.05, 4.69) is 23.7 Å². The minimum absolute atomic E-state index is 0.174. The number of nitrogens with one attached hydrogen (secondary N) is 1. The summed E-state index contributed by atoms with van der Waals surface area (Å²) < 4.78 is 0. The van der Waals surface area contributed by atoms with E-state index in [1.54, 1.807) is 4.90 Å². The summed E-state index contributed by atoms with van der Waals surface area (Å²) in [7, 11) is 1.87. The van der Waals surface area contributed by atoms with Crippen molar-refractivity contribution >= 4 is 23.4 Å². The third-order valence-electron chi connectivity index (χ3n) is 4.60. The molecule has 1 N–H and O–H groups in total. The minimum atomic E-state index is 0.174. The molecule has 0 saturated heterocycles. The maximum absolute atomic E-state index is 12.2. The lowest BCUT2D eigenvalue weighted by Crippen LogP contribution is -2.43. The Balaban J connectivity index is 1.83. The zero-order chi connectivity index (χ0) is 14.1.